The highest BCUT2D eigenvalue weighted by Gasteiger charge is 2.34. The second kappa shape index (κ2) is 15.2. The molecule has 7 rings (SSSR count). The van der Waals surface area contributed by atoms with E-state index >= 15 is 0 Å². The summed E-state index contributed by atoms with van der Waals surface area (Å²) in [6, 6.07) is 18.2. The van der Waals surface area contributed by atoms with Gasteiger partial charge in [-0.15, -0.1) is 0 Å². The molecule has 2 heteroatoms. The van der Waals surface area contributed by atoms with Crippen molar-refractivity contribution in [1.82, 2.24) is 5.32 Å². The van der Waals surface area contributed by atoms with E-state index in [0.717, 1.165) is 61.7 Å². The lowest BCUT2D eigenvalue weighted by Gasteiger charge is -2.23. The standard InChI is InChI=1S/C46H53NO/c1-3-33-9-6-12-36(22-18-33)37-23-19-35(20-24-37)31-47-30-34-10-7-13-40-29-45(46(48)26-17-32(2)42(40)25-21-34)39-15-8-14-38(27-39)43-16-5-4-11-41-28-44(41)43/h4-5,8,10-11,13-16,19-20,23-25,27,29,32-33,36,44,47H,3,6-7,9,12,17-18,21-22,26,28,30-31H2,1-2H3. The molecule has 2 fully saturated rings. The molecule has 2 saturated carbocycles. The van der Waals surface area contributed by atoms with Crippen LogP contribution in [0, 0.1) is 17.8 Å². The van der Waals surface area contributed by atoms with E-state index in [1.807, 2.05) is 0 Å². The summed E-state index contributed by atoms with van der Waals surface area (Å²) in [7, 11) is 0. The molecule has 0 aliphatic heterocycles. The van der Waals surface area contributed by atoms with Crippen LogP contribution in [0.15, 0.2) is 119 Å². The fraction of sp³-hybridized carbons (Fsp3) is 0.413. The minimum absolute atomic E-state index is 0.260. The predicted octanol–water partition coefficient (Wildman–Crippen LogP) is 11.4. The van der Waals surface area contributed by atoms with Gasteiger partial charge in [0, 0.05) is 31.0 Å². The van der Waals surface area contributed by atoms with E-state index in [4.69, 9.17) is 0 Å². The average molecular weight is 636 g/mol. The lowest BCUT2D eigenvalue weighted by Crippen LogP contribution is -2.17. The second-order valence-corrected chi connectivity index (χ2v) is 15.0. The van der Waals surface area contributed by atoms with Crippen molar-refractivity contribution in [3.05, 3.63) is 142 Å². The number of carbonyl (C=O) groups is 1. The monoisotopic (exact) mass is 635 g/mol. The first-order chi connectivity index (χ1) is 23.6. The van der Waals surface area contributed by atoms with Gasteiger partial charge in [0.1, 0.15) is 0 Å². The first-order valence-electron chi connectivity index (χ1n) is 18.9. The number of hydrogen-bond acceptors (Lipinski definition) is 2. The average Bonchev–Trinajstić information content (AvgIpc) is 3.92. The fourth-order valence-electron chi connectivity index (χ4n) is 8.49. The Morgan fingerprint density at radius 1 is 0.833 bits per heavy atom. The third kappa shape index (κ3) is 7.76. The Morgan fingerprint density at radius 3 is 2.56 bits per heavy atom. The second-order valence-electron chi connectivity index (χ2n) is 15.0. The molecule has 4 unspecified atom stereocenters. The molecule has 2 aromatic rings. The maximum Gasteiger partial charge on any atom is 0.163 e. The number of carbonyl (C=O) groups excluding carboxylic acids is 1. The Morgan fingerprint density at radius 2 is 1.69 bits per heavy atom. The maximum atomic E-state index is 13.6. The van der Waals surface area contributed by atoms with Gasteiger partial charge in [-0.1, -0.05) is 129 Å². The van der Waals surface area contributed by atoms with Crippen molar-refractivity contribution in [3.8, 4) is 0 Å². The van der Waals surface area contributed by atoms with Gasteiger partial charge in [0.2, 0.25) is 0 Å². The molecule has 5 aliphatic carbocycles. The third-order valence-electron chi connectivity index (χ3n) is 11.7. The zero-order chi connectivity index (χ0) is 32.9. The molecular formula is C46H53NO. The highest BCUT2D eigenvalue weighted by atomic mass is 16.1. The summed E-state index contributed by atoms with van der Waals surface area (Å²) >= 11 is 0. The van der Waals surface area contributed by atoms with Crippen LogP contribution >= 0.6 is 0 Å². The van der Waals surface area contributed by atoms with Crippen molar-refractivity contribution in [1.29, 1.82) is 0 Å². The molecule has 5 aliphatic rings. The zero-order valence-electron chi connectivity index (χ0n) is 29.1. The summed E-state index contributed by atoms with van der Waals surface area (Å²) in [5.74, 6) is 2.83. The van der Waals surface area contributed by atoms with Crippen molar-refractivity contribution in [3.63, 3.8) is 0 Å². The summed E-state index contributed by atoms with van der Waals surface area (Å²) in [4.78, 5) is 13.6. The smallest absolute Gasteiger partial charge is 0.163 e. The van der Waals surface area contributed by atoms with E-state index in [1.165, 1.54) is 83.1 Å². The lowest BCUT2D eigenvalue weighted by molar-refractivity contribution is -0.114. The fourth-order valence-corrected chi connectivity index (χ4v) is 8.49. The molecule has 48 heavy (non-hydrogen) atoms. The number of allylic oxidation sites excluding steroid dienone is 13. The molecule has 0 heterocycles. The van der Waals surface area contributed by atoms with Gasteiger partial charge in [0.25, 0.3) is 0 Å². The highest BCUT2D eigenvalue weighted by Crippen LogP contribution is 2.49. The van der Waals surface area contributed by atoms with E-state index in [1.54, 1.807) is 0 Å². The number of hydrogen-bond donors (Lipinski definition) is 1. The van der Waals surface area contributed by atoms with Crippen LogP contribution < -0.4 is 5.32 Å². The van der Waals surface area contributed by atoms with E-state index in [-0.39, 0.29) is 5.78 Å². The van der Waals surface area contributed by atoms with Crippen LogP contribution in [0.2, 0.25) is 0 Å². The molecule has 0 aromatic heterocycles. The van der Waals surface area contributed by atoms with Crippen molar-refractivity contribution in [2.24, 2.45) is 17.8 Å². The van der Waals surface area contributed by atoms with Crippen LogP contribution in [-0.2, 0) is 11.3 Å². The summed E-state index contributed by atoms with van der Waals surface area (Å²) in [6.45, 7) is 6.45. The molecule has 0 amide bonds. The van der Waals surface area contributed by atoms with E-state index in [0.29, 0.717) is 18.3 Å². The minimum atomic E-state index is 0.260. The van der Waals surface area contributed by atoms with Crippen molar-refractivity contribution < 1.29 is 4.79 Å². The molecule has 248 valence electrons. The molecule has 2 nitrogen and oxygen atoms in total. The summed E-state index contributed by atoms with van der Waals surface area (Å²) in [6.07, 6.45) is 30.9. The van der Waals surface area contributed by atoms with E-state index in [2.05, 4.69) is 116 Å². The molecular weight excluding hydrogens is 583 g/mol. The van der Waals surface area contributed by atoms with Gasteiger partial charge in [-0.3, -0.25) is 4.79 Å². The largest absolute Gasteiger partial charge is 0.309 e. The molecule has 0 spiro atoms. The van der Waals surface area contributed by atoms with Gasteiger partial charge in [-0.05, 0) is 114 Å². The molecule has 0 radical (unpaired) electrons. The van der Waals surface area contributed by atoms with Crippen molar-refractivity contribution in [2.45, 2.75) is 96.9 Å². The number of Topliss-reactive ketones (excluding diaryl/α,β-unsaturated/α-hetero) is 1. The van der Waals surface area contributed by atoms with Crippen molar-refractivity contribution in [2.75, 3.05) is 6.54 Å². The van der Waals surface area contributed by atoms with Crippen LogP contribution in [-0.4, -0.2) is 12.3 Å². The minimum Gasteiger partial charge on any atom is -0.309 e. The highest BCUT2D eigenvalue weighted by molar-refractivity contribution is 6.21. The van der Waals surface area contributed by atoms with Crippen LogP contribution in [0.5, 0.6) is 0 Å². The summed E-state index contributed by atoms with van der Waals surface area (Å²) < 4.78 is 0. The number of benzene rings is 2. The van der Waals surface area contributed by atoms with E-state index in [9.17, 15) is 4.79 Å². The predicted molar refractivity (Wildman–Crippen MR) is 202 cm³/mol. The number of nitrogens with one attached hydrogen (secondary N) is 1. The quantitative estimate of drug-likeness (QED) is 0.231. The summed E-state index contributed by atoms with van der Waals surface area (Å²) in [5.41, 5.74) is 13.0. The normalized spacial score (nSPS) is 25.9. The van der Waals surface area contributed by atoms with Crippen LogP contribution in [0.25, 0.3) is 11.1 Å². The summed E-state index contributed by atoms with van der Waals surface area (Å²) in [5, 5.41) is 3.74. The van der Waals surface area contributed by atoms with Gasteiger partial charge in [-0.2, -0.15) is 0 Å². The number of ketones is 1. The van der Waals surface area contributed by atoms with Gasteiger partial charge < -0.3 is 5.32 Å². The van der Waals surface area contributed by atoms with Crippen LogP contribution in [0.1, 0.15) is 113 Å². The molecule has 2 aromatic carbocycles. The zero-order valence-corrected chi connectivity index (χ0v) is 29.1. The number of rotatable bonds is 8. The Balaban J connectivity index is 1.02. The van der Waals surface area contributed by atoms with Gasteiger partial charge >= 0.3 is 0 Å². The van der Waals surface area contributed by atoms with Crippen LogP contribution in [0.4, 0.5) is 0 Å². The molecule has 0 bridgehead atoms. The van der Waals surface area contributed by atoms with Gasteiger partial charge in [0.15, 0.2) is 5.78 Å². The Kier molecular flexibility index (Phi) is 10.4. The molecule has 1 N–H and O–H groups in total. The maximum absolute atomic E-state index is 13.6. The Hall–Kier alpha value is -3.75. The molecule has 0 saturated heterocycles. The van der Waals surface area contributed by atoms with Gasteiger partial charge in [0.05, 0.1) is 0 Å². The van der Waals surface area contributed by atoms with Gasteiger partial charge in [-0.25, -0.2) is 0 Å². The molecule has 4 atom stereocenters. The first-order valence-corrected chi connectivity index (χ1v) is 18.9. The van der Waals surface area contributed by atoms with Crippen LogP contribution in [0.3, 0.4) is 0 Å². The Labute approximate surface area is 289 Å². The lowest BCUT2D eigenvalue weighted by atomic mass is 9.81. The first kappa shape index (κ1) is 32.8. The topological polar surface area (TPSA) is 29.1 Å². The number of fused-ring (bicyclic) bond motifs is 2. The SMILES string of the molecule is CCC1CCCC(c2ccc(CNCC3=CCC=C4C=C(c5cccc(C6=CC=CC=C7CC76)c5)C(=O)CCC(C)C4=CC3)cc2)CC1. The van der Waals surface area contributed by atoms with Crippen molar-refractivity contribution >= 4 is 16.9 Å². The van der Waals surface area contributed by atoms with E-state index < -0.39 is 0 Å². The Bertz CT molecular complexity index is 1720. The third-order valence-corrected chi connectivity index (χ3v) is 11.7.